The Labute approximate surface area is 122 Å². The molecule has 0 amide bonds. The molecule has 2 aliphatic carbocycles. The van der Waals surface area contributed by atoms with Gasteiger partial charge in [0.15, 0.2) is 5.13 Å². The van der Waals surface area contributed by atoms with Crippen LogP contribution in [0.3, 0.4) is 0 Å². The minimum absolute atomic E-state index is 0.372. The van der Waals surface area contributed by atoms with Crippen LogP contribution in [0.2, 0.25) is 0 Å². The summed E-state index contributed by atoms with van der Waals surface area (Å²) in [4.78, 5) is 22.0. The van der Waals surface area contributed by atoms with Crippen LogP contribution >= 0.6 is 11.3 Å². The average molecular weight is 293 g/mol. The number of hydrogen-bond acceptors (Lipinski definition) is 5. The number of anilines is 1. The quantitative estimate of drug-likeness (QED) is 0.916. The highest BCUT2D eigenvalue weighted by atomic mass is 32.1. The lowest BCUT2D eigenvalue weighted by molar-refractivity contribution is -0.138. The van der Waals surface area contributed by atoms with Gasteiger partial charge in [0, 0.05) is 37.1 Å². The number of nitrogens with zero attached hydrogens (tertiary/aromatic N) is 3. The third-order valence-corrected chi connectivity index (χ3v) is 5.84. The lowest BCUT2D eigenvalue weighted by Gasteiger charge is -2.34. The molecule has 1 unspecified atom stereocenters. The minimum atomic E-state index is -0.723. The van der Waals surface area contributed by atoms with Crippen LogP contribution in [0.1, 0.15) is 35.8 Å². The zero-order chi connectivity index (χ0) is 13.7. The molecule has 1 atom stereocenters. The molecule has 4 rings (SSSR count). The topological polar surface area (TPSA) is 56.7 Å². The van der Waals surface area contributed by atoms with E-state index >= 15 is 0 Å². The van der Waals surface area contributed by atoms with E-state index in [4.69, 9.17) is 0 Å². The van der Waals surface area contributed by atoms with E-state index in [9.17, 15) is 9.90 Å². The molecule has 1 aromatic rings. The molecule has 6 heteroatoms. The Morgan fingerprint density at radius 1 is 1.20 bits per heavy atom. The summed E-state index contributed by atoms with van der Waals surface area (Å²) in [6.45, 7) is 4.30. The number of fused-ring (bicyclic) bond motifs is 1. The molecule has 1 aromatic heterocycles. The van der Waals surface area contributed by atoms with Crippen molar-refractivity contribution in [3.63, 3.8) is 0 Å². The van der Waals surface area contributed by atoms with Crippen LogP contribution in [0.15, 0.2) is 0 Å². The maximum atomic E-state index is 11.2. The van der Waals surface area contributed by atoms with Gasteiger partial charge in [-0.05, 0) is 25.7 Å². The van der Waals surface area contributed by atoms with E-state index in [0.29, 0.717) is 0 Å². The molecule has 5 nitrogen and oxygen atoms in total. The molecule has 1 aliphatic heterocycles. The molecule has 1 saturated heterocycles. The average Bonchev–Trinajstić information content (AvgIpc) is 3.08. The molecular weight excluding hydrogens is 274 g/mol. The monoisotopic (exact) mass is 293 g/mol. The number of thiazole rings is 1. The lowest BCUT2D eigenvalue weighted by atomic mass is 10.1. The molecule has 1 N–H and O–H groups in total. The summed E-state index contributed by atoms with van der Waals surface area (Å²) >= 11 is 1.71. The van der Waals surface area contributed by atoms with Gasteiger partial charge in [-0.25, -0.2) is 4.98 Å². The number of aliphatic carboxylic acids is 1. The fraction of sp³-hybridized carbons (Fsp3) is 0.714. The number of carboxylic acid groups (broad SMARTS) is 1. The Morgan fingerprint density at radius 2 is 1.95 bits per heavy atom. The van der Waals surface area contributed by atoms with Crippen molar-refractivity contribution < 1.29 is 9.90 Å². The number of aryl methyl sites for hydroxylation is 1. The number of piperazine rings is 1. The second kappa shape index (κ2) is 4.70. The van der Waals surface area contributed by atoms with Crippen molar-refractivity contribution in [1.29, 1.82) is 0 Å². The Kier molecular flexibility index (Phi) is 2.96. The number of aromatic nitrogens is 1. The molecule has 20 heavy (non-hydrogen) atoms. The van der Waals surface area contributed by atoms with E-state index < -0.39 is 5.97 Å². The summed E-state index contributed by atoms with van der Waals surface area (Å²) in [6, 6.07) is 0.842. The zero-order valence-corrected chi connectivity index (χ0v) is 12.2. The maximum Gasteiger partial charge on any atom is 0.312 e. The lowest BCUT2D eigenvalue weighted by Crippen LogP contribution is -2.47. The second-order valence-corrected chi connectivity index (χ2v) is 7.05. The minimum Gasteiger partial charge on any atom is -0.481 e. The van der Waals surface area contributed by atoms with Crippen molar-refractivity contribution in [2.75, 3.05) is 31.1 Å². The Bertz CT molecular complexity index is 533. The first-order valence-corrected chi connectivity index (χ1v) is 8.25. The van der Waals surface area contributed by atoms with Crippen molar-refractivity contribution in [3.8, 4) is 0 Å². The van der Waals surface area contributed by atoms with Gasteiger partial charge in [0.05, 0.1) is 5.69 Å². The molecule has 108 valence electrons. The van der Waals surface area contributed by atoms with E-state index in [2.05, 4.69) is 14.8 Å². The summed E-state index contributed by atoms with van der Waals surface area (Å²) in [6.07, 6.45) is 4.34. The van der Waals surface area contributed by atoms with E-state index in [0.717, 1.165) is 55.9 Å². The van der Waals surface area contributed by atoms with E-state index in [-0.39, 0.29) is 5.92 Å². The van der Waals surface area contributed by atoms with Crippen molar-refractivity contribution in [2.24, 2.45) is 0 Å². The van der Waals surface area contributed by atoms with Gasteiger partial charge in [-0.15, -0.1) is 11.3 Å². The van der Waals surface area contributed by atoms with Gasteiger partial charge in [0.1, 0.15) is 5.92 Å². The van der Waals surface area contributed by atoms with E-state index in [1.807, 2.05) is 0 Å². The fourth-order valence-corrected chi connectivity index (χ4v) is 4.50. The summed E-state index contributed by atoms with van der Waals surface area (Å²) in [5.41, 5.74) is 0.835. The number of rotatable bonds is 3. The van der Waals surface area contributed by atoms with Crippen LogP contribution in [0, 0.1) is 0 Å². The maximum absolute atomic E-state index is 11.2. The van der Waals surface area contributed by atoms with Crippen LogP contribution in [-0.4, -0.2) is 53.2 Å². The summed E-state index contributed by atoms with van der Waals surface area (Å²) in [5.74, 6) is -1.10. The van der Waals surface area contributed by atoms with E-state index in [1.54, 1.807) is 11.3 Å². The third-order valence-electron chi connectivity index (χ3n) is 4.65. The summed E-state index contributed by atoms with van der Waals surface area (Å²) in [7, 11) is 0. The Hall–Kier alpha value is -1.14. The van der Waals surface area contributed by atoms with Gasteiger partial charge in [-0.2, -0.15) is 0 Å². The molecular formula is C14H19N3O2S. The number of hydrogen-bond donors (Lipinski definition) is 1. The number of carboxylic acids is 1. The van der Waals surface area contributed by atoms with Gasteiger partial charge in [0.25, 0.3) is 0 Å². The molecule has 0 radical (unpaired) electrons. The van der Waals surface area contributed by atoms with Crippen LogP contribution in [0.5, 0.6) is 0 Å². The van der Waals surface area contributed by atoms with Gasteiger partial charge >= 0.3 is 5.97 Å². The molecule has 0 spiro atoms. The Morgan fingerprint density at radius 3 is 2.60 bits per heavy atom. The SMILES string of the molecule is O=C(O)C1CCc2sc(N3CCN(C4CC4)CC3)nc21. The summed E-state index contributed by atoms with van der Waals surface area (Å²) < 4.78 is 0. The molecule has 2 fully saturated rings. The highest BCUT2D eigenvalue weighted by Crippen LogP contribution is 2.40. The summed E-state index contributed by atoms with van der Waals surface area (Å²) in [5, 5.41) is 10.3. The highest BCUT2D eigenvalue weighted by Gasteiger charge is 2.35. The van der Waals surface area contributed by atoms with Gasteiger partial charge < -0.3 is 10.0 Å². The van der Waals surface area contributed by atoms with Crippen molar-refractivity contribution in [3.05, 3.63) is 10.6 Å². The zero-order valence-electron chi connectivity index (χ0n) is 11.4. The smallest absolute Gasteiger partial charge is 0.312 e. The van der Waals surface area contributed by atoms with Gasteiger partial charge in [-0.1, -0.05) is 0 Å². The van der Waals surface area contributed by atoms with Crippen LogP contribution < -0.4 is 4.90 Å². The molecule has 1 saturated carbocycles. The molecule has 0 bridgehead atoms. The molecule has 2 heterocycles. The van der Waals surface area contributed by atoms with Gasteiger partial charge in [0.2, 0.25) is 0 Å². The first kappa shape index (κ1) is 12.6. The first-order valence-electron chi connectivity index (χ1n) is 7.44. The predicted octanol–water partition coefficient (Wildman–Crippen LogP) is 1.54. The van der Waals surface area contributed by atoms with Crippen molar-refractivity contribution in [1.82, 2.24) is 9.88 Å². The predicted molar refractivity (Wildman–Crippen MR) is 77.6 cm³/mol. The van der Waals surface area contributed by atoms with E-state index in [1.165, 1.54) is 17.7 Å². The van der Waals surface area contributed by atoms with Gasteiger partial charge in [-0.3, -0.25) is 9.69 Å². The van der Waals surface area contributed by atoms with Crippen molar-refractivity contribution in [2.45, 2.75) is 37.6 Å². The normalized spacial score (nSPS) is 26.8. The highest BCUT2D eigenvalue weighted by molar-refractivity contribution is 7.15. The second-order valence-electron chi connectivity index (χ2n) is 5.99. The van der Waals surface area contributed by atoms with Crippen LogP contribution in [0.4, 0.5) is 5.13 Å². The van der Waals surface area contributed by atoms with Crippen LogP contribution in [0.25, 0.3) is 0 Å². The van der Waals surface area contributed by atoms with Crippen molar-refractivity contribution >= 4 is 22.4 Å². The number of carbonyl (C=O) groups is 1. The van der Waals surface area contributed by atoms with Crippen LogP contribution in [-0.2, 0) is 11.2 Å². The first-order chi connectivity index (χ1) is 9.72. The molecule has 3 aliphatic rings. The molecule has 0 aromatic carbocycles. The third kappa shape index (κ3) is 2.11. The largest absolute Gasteiger partial charge is 0.481 e. The Balaban J connectivity index is 1.47. The fourth-order valence-electron chi connectivity index (χ4n) is 3.31. The standard InChI is InChI=1S/C14H19N3O2S/c18-13(19)10-3-4-11-12(10)15-14(20-11)17-7-5-16(6-8-17)9-1-2-9/h9-10H,1-8H2,(H,18,19).